The average molecular weight is 132 g/mol. The van der Waals surface area contributed by atoms with Gasteiger partial charge in [-0.15, -0.1) is 0 Å². The standard InChI is InChI=1S/C6H10ClN/c1-3-4-5-6(7)8-2/h4-5H,3H2,1-2H3/b5-4-,8-6?. The van der Waals surface area contributed by atoms with Crippen LogP contribution in [0.2, 0.25) is 0 Å². The highest BCUT2D eigenvalue weighted by molar-refractivity contribution is 6.68. The van der Waals surface area contributed by atoms with Crippen LogP contribution in [0.15, 0.2) is 17.1 Å². The SMILES string of the molecule is CC/C=C\C(Cl)=NC. The number of allylic oxidation sites excluding steroid dienone is 2. The van der Waals surface area contributed by atoms with E-state index in [1.54, 1.807) is 13.1 Å². The van der Waals surface area contributed by atoms with Gasteiger partial charge in [-0.1, -0.05) is 24.6 Å². The Morgan fingerprint density at radius 3 is 2.75 bits per heavy atom. The maximum Gasteiger partial charge on any atom is 0.122 e. The predicted molar refractivity (Wildman–Crippen MR) is 38.6 cm³/mol. The molecule has 0 heterocycles. The van der Waals surface area contributed by atoms with Crippen LogP contribution in [0, 0.1) is 0 Å². The van der Waals surface area contributed by atoms with E-state index >= 15 is 0 Å². The van der Waals surface area contributed by atoms with Crippen molar-refractivity contribution in [2.75, 3.05) is 7.05 Å². The van der Waals surface area contributed by atoms with E-state index in [9.17, 15) is 0 Å². The van der Waals surface area contributed by atoms with Crippen molar-refractivity contribution in [1.29, 1.82) is 0 Å². The summed E-state index contributed by atoms with van der Waals surface area (Å²) in [6.45, 7) is 2.05. The number of rotatable bonds is 2. The topological polar surface area (TPSA) is 12.4 Å². The summed E-state index contributed by atoms with van der Waals surface area (Å²) in [5.41, 5.74) is 0. The molecule has 0 unspecified atom stereocenters. The summed E-state index contributed by atoms with van der Waals surface area (Å²) in [5, 5.41) is 0.562. The largest absolute Gasteiger partial charge is 0.277 e. The lowest BCUT2D eigenvalue weighted by Crippen LogP contribution is -1.75. The first-order valence-electron chi connectivity index (χ1n) is 2.60. The van der Waals surface area contributed by atoms with Gasteiger partial charge in [0.2, 0.25) is 0 Å². The Morgan fingerprint density at radius 2 is 2.38 bits per heavy atom. The molecule has 0 atom stereocenters. The van der Waals surface area contributed by atoms with Crippen LogP contribution in [-0.4, -0.2) is 12.2 Å². The number of halogens is 1. The summed E-state index contributed by atoms with van der Waals surface area (Å²) in [6.07, 6.45) is 4.77. The van der Waals surface area contributed by atoms with Gasteiger partial charge in [0.05, 0.1) is 0 Å². The average Bonchev–Trinajstić information content (AvgIpc) is 1.83. The molecular formula is C6H10ClN. The van der Waals surface area contributed by atoms with Crippen LogP contribution in [0.1, 0.15) is 13.3 Å². The van der Waals surface area contributed by atoms with Crippen LogP contribution in [0.25, 0.3) is 0 Å². The summed E-state index contributed by atoms with van der Waals surface area (Å²) < 4.78 is 0. The van der Waals surface area contributed by atoms with Gasteiger partial charge in [-0.2, -0.15) is 0 Å². The molecule has 0 aromatic carbocycles. The molecule has 0 aromatic heterocycles. The van der Waals surface area contributed by atoms with E-state index in [4.69, 9.17) is 11.6 Å². The molecule has 0 spiro atoms. The minimum Gasteiger partial charge on any atom is -0.277 e. The Bertz CT molecular complexity index is 105. The van der Waals surface area contributed by atoms with Gasteiger partial charge in [0, 0.05) is 7.05 Å². The van der Waals surface area contributed by atoms with Crippen LogP contribution in [-0.2, 0) is 0 Å². The second kappa shape index (κ2) is 4.85. The molecule has 46 valence electrons. The summed E-state index contributed by atoms with van der Waals surface area (Å²) >= 11 is 5.51. The molecule has 0 aliphatic rings. The number of hydrogen-bond acceptors (Lipinski definition) is 1. The number of aliphatic imine (C=N–C) groups is 1. The third-order valence-electron chi connectivity index (χ3n) is 0.705. The van der Waals surface area contributed by atoms with Crippen LogP contribution in [0.5, 0.6) is 0 Å². The van der Waals surface area contributed by atoms with Crippen molar-refractivity contribution in [3.8, 4) is 0 Å². The Morgan fingerprint density at radius 1 is 1.75 bits per heavy atom. The molecular weight excluding hydrogens is 122 g/mol. The van der Waals surface area contributed by atoms with Crippen molar-refractivity contribution >= 4 is 16.8 Å². The van der Waals surface area contributed by atoms with E-state index < -0.39 is 0 Å². The van der Waals surface area contributed by atoms with Gasteiger partial charge in [-0.05, 0) is 12.5 Å². The van der Waals surface area contributed by atoms with E-state index in [1.165, 1.54) is 0 Å². The lowest BCUT2D eigenvalue weighted by molar-refractivity contribution is 1.23. The molecule has 0 rings (SSSR count). The molecule has 8 heavy (non-hydrogen) atoms. The van der Waals surface area contributed by atoms with Crippen LogP contribution in [0.3, 0.4) is 0 Å². The second-order valence-electron chi connectivity index (χ2n) is 1.36. The molecule has 0 radical (unpaired) electrons. The molecule has 1 nitrogen and oxygen atoms in total. The van der Waals surface area contributed by atoms with Gasteiger partial charge in [0.1, 0.15) is 5.17 Å². The van der Waals surface area contributed by atoms with Gasteiger partial charge in [-0.3, -0.25) is 4.99 Å². The molecule has 0 saturated carbocycles. The van der Waals surface area contributed by atoms with Crippen molar-refractivity contribution < 1.29 is 0 Å². The fourth-order valence-corrected chi connectivity index (χ4v) is 0.379. The highest BCUT2D eigenvalue weighted by atomic mass is 35.5. The Balaban J connectivity index is 3.53. The van der Waals surface area contributed by atoms with Gasteiger partial charge in [0.15, 0.2) is 0 Å². The molecule has 0 amide bonds. The summed E-state index contributed by atoms with van der Waals surface area (Å²) in [5.74, 6) is 0. The monoisotopic (exact) mass is 131 g/mol. The normalized spacial score (nSPS) is 13.1. The lowest BCUT2D eigenvalue weighted by atomic mass is 10.4. The molecule has 2 heteroatoms. The fraction of sp³-hybridized carbons (Fsp3) is 0.500. The maximum absolute atomic E-state index is 5.51. The maximum atomic E-state index is 5.51. The highest BCUT2D eigenvalue weighted by Crippen LogP contribution is 1.88. The van der Waals surface area contributed by atoms with Crippen molar-refractivity contribution in [3.05, 3.63) is 12.2 Å². The van der Waals surface area contributed by atoms with E-state index in [2.05, 4.69) is 11.9 Å². The van der Waals surface area contributed by atoms with Crippen LogP contribution in [0.4, 0.5) is 0 Å². The van der Waals surface area contributed by atoms with E-state index in [0.29, 0.717) is 5.17 Å². The quantitative estimate of drug-likeness (QED) is 0.510. The Labute approximate surface area is 55.1 Å². The predicted octanol–water partition coefficient (Wildman–Crippen LogP) is 2.22. The van der Waals surface area contributed by atoms with Crippen molar-refractivity contribution in [2.24, 2.45) is 4.99 Å². The first kappa shape index (κ1) is 7.70. The zero-order valence-electron chi connectivity index (χ0n) is 5.19. The van der Waals surface area contributed by atoms with Gasteiger partial charge in [0.25, 0.3) is 0 Å². The third kappa shape index (κ3) is 3.88. The molecule has 0 saturated heterocycles. The van der Waals surface area contributed by atoms with Gasteiger partial charge >= 0.3 is 0 Å². The molecule has 0 aliphatic heterocycles. The first-order chi connectivity index (χ1) is 3.81. The van der Waals surface area contributed by atoms with Gasteiger partial charge < -0.3 is 0 Å². The van der Waals surface area contributed by atoms with Crippen LogP contribution < -0.4 is 0 Å². The van der Waals surface area contributed by atoms with E-state index in [-0.39, 0.29) is 0 Å². The fourth-order valence-electron chi connectivity index (χ4n) is 0.290. The smallest absolute Gasteiger partial charge is 0.122 e. The first-order valence-corrected chi connectivity index (χ1v) is 2.98. The minimum absolute atomic E-state index is 0.562. The second-order valence-corrected chi connectivity index (χ2v) is 1.74. The molecule has 0 aromatic rings. The van der Waals surface area contributed by atoms with Crippen molar-refractivity contribution in [2.45, 2.75) is 13.3 Å². The van der Waals surface area contributed by atoms with Gasteiger partial charge in [-0.25, -0.2) is 0 Å². The van der Waals surface area contributed by atoms with E-state index in [1.807, 2.05) is 6.08 Å². The Kier molecular flexibility index (Phi) is 4.67. The number of hydrogen-bond donors (Lipinski definition) is 0. The van der Waals surface area contributed by atoms with E-state index in [0.717, 1.165) is 6.42 Å². The van der Waals surface area contributed by atoms with Crippen molar-refractivity contribution in [1.82, 2.24) is 0 Å². The molecule has 0 fully saturated rings. The zero-order chi connectivity index (χ0) is 6.41. The molecule has 0 N–H and O–H groups in total. The third-order valence-corrected chi connectivity index (χ3v) is 1.000. The minimum atomic E-state index is 0.562. The molecule has 0 bridgehead atoms. The summed E-state index contributed by atoms with van der Waals surface area (Å²) in [6, 6.07) is 0. The Hall–Kier alpha value is -0.300. The number of nitrogens with zero attached hydrogens (tertiary/aromatic N) is 1. The van der Waals surface area contributed by atoms with Crippen LogP contribution >= 0.6 is 11.6 Å². The lowest BCUT2D eigenvalue weighted by Gasteiger charge is -1.80. The summed E-state index contributed by atoms with van der Waals surface area (Å²) in [7, 11) is 1.67. The van der Waals surface area contributed by atoms with Crippen molar-refractivity contribution in [3.63, 3.8) is 0 Å². The zero-order valence-corrected chi connectivity index (χ0v) is 5.94. The molecule has 0 aliphatic carbocycles. The highest BCUT2D eigenvalue weighted by Gasteiger charge is 1.77. The summed E-state index contributed by atoms with van der Waals surface area (Å²) in [4.78, 5) is 3.72.